The molecule has 0 unspecified atom stereocenters. The van der Waals surface area contributed by atoms with Gasteiger partial charge in [0, 0.05) is 42.8 Å². The molecule has 2 aliphatic rings. The first kappa shape index (κ1) is 20.9. The van der Waals surface area contributed by atoms with Gasteiger partial charge in [0.15, 0.2) is 0 Å². The molecule has 11 heteroatoms. The average molecular weight is 468 g/mol. The minimum absolute atomic E-state index is 0.118. The molecule has 0 spiro atoms. The largest absolute Gasteiger partial charge is 0.367 e. The number of fused-ring (bicyclic) bond motifs is 1. The summed E-state index contributed by atoms with van der Waals surface area (Å²) in [4.78, 5) is 34.8. The summed E-state index contributed by atoms with van der Waals surface area (Å²) in [5.74, 6) is -0.487. The number of hydrogen-bond acceptors (Lipinski definition) is 9. The first-order valence-electron chi connectivity index (χ1n) is 10.2. The Balaban J connectivity index is 1.33. The molecule has 4 heterocycles. The number of nitrogens with one attached hydrogen (secondary N) is 2. The zero-order valence-electron chi connectivity index (χ0n) is 17.4. The second kappa shape index (κ2) is 8.85. The number of hydrogen-bond donors (Lipinski definition) is 2. The Morgan fingerprint density at radius 3 is 2.88 bits per heavy atom. The third kappa shape index (κ3) is 3.94. The maximum atomic E-state index is 12.9. The lowest BCUT2D eigenvalue weighted by molar-refractivity contribution is 0.0994. The molecule has 5 rings (SSSR count). The highest BCUT2D eigenvalue weighted by molar-refractivity contribution is 7.98. The second-order valence-corrected chi connectivity index (χ2v) is 9.22. The summed E-state index contributed by atoms with van der Waals surface area (Å²) in [6, 6.07) is 7.77. The zero-order valence-corrected chi connectivity index (χ0v) is 19.0. The molecule has 0 aliphatic carbocycles. The Morgan fingerprint density at radius 1 is 1.22 bits per heavy atom. The first-order valence-corrected chi connectivity index (χ1v) is 12.2. The smallest absolute Gasteiger partial charge is 0.286 e. The van der Waals surface area contributed by atoms with E-state index in [1.165, 1.54) is 0 Å². The van der Waals surface area contributed by atoms with E-state index in [4.69, 9.17) is 0 Å². The van der Waals surface area contributed by atoms with Gasteiger partial charge in [-0.2, -0.15) is 0 Å². The van der Waals surface area contributed by atoms with Crippen LogP contribution in [0.2, 0.25) is 0 Å². The molecule has 2 amide bonds. The number of thioether (sulfide) groups is 1. The van der Waals surface area contributed by atoms with Crippen LogP contribution in [0.5, 0.6) is 0 Å². The highest BCUT2D eigenvalue weighted by Crippen LogP contribution is 2.33. The van der Waals surface area contributed by atoms with Gasteiger partial charge in [-0.1, -0.05) is 17.4 Å². The van der Waals surface area contributed by atoms with Crippen molar-refractivity contribution in [2.24, 2.45) is 0 Å². The van der Waals surface area contributed by atoms with Crippen LogP contribution in [0.4, 0.5) is 16.5 Å². The first-order chi connectivity index (χ1) is 15.6. The third-order valence-electron chi connectivity index (χ3n) is 5.46. The minimum Gasteiger partial charge on any atom is -0.367 e. The molecular formula is C21H21N7O2S2. The number of rotatable bonds is 5. The van der Waals surface area contributed by atoms with Crippen LogP contribution in [0, 0.1) is 0 Å². The molecule has 0 bridgehead atoms. The lowest BCUT2D eigenvalue weighted by atomic mass is 10.1. The Labute approximate surface area is 193 Å². The van der Waals surface area contributed by atoms with Gasteiger partial charge in [0.1, 0.15) is 0 Å². The number of aromatic nitrogens is 3. The number of piperazine rings is 1. The van der Waals surface area contributed by atoms with Gasteiger partial charge in [-0.05, 0) is 30.0 Å². The number of nitrogens with zero attached hydrogens (tertiary/aromatic N) is 5. The molecule has 0 saturated carbocycles. The normalized spacial score (nSPS) is 15.7. The fraction of sp³-hybridized carbons (Fsp3) is 0.286. The summed E-state index contributed by atoms with van der Waals surface area (Å²) in [5.41, 5.74) is 3.18. The van der Waals surface area contributed by atoms with Crippen LogP contribution < -0.4 is 20.4 Å². The summed E-state index contributed by atoms with van der Waals surface area (Å²) in [7, 11) is 0. The lowest BCUT2D eigenvalue weighted by Crippen LogP contribution is -2.43. The minimum atomic E-state index is -0.369. The van der Waals surface area contributed by atoms with E-state index in [0.717, 1.165) is 53.7 Å². The molecule has 0 atom stereocenters. The molecule has 9 nitrogen and oxygen atoms in total. The van der Waals surface area contributed by atoms with E-state index in [2.05, 4.69) is 30.7 Å². The van der Waals surface area contributed by atoms with Gasteiger partial charge in [-0.25, -0.2) is 0 Å². The maximum absolute atomic E-state index is 12.9. The molecule has 2 aliphatic heterocycles. The SMILES string of the molecule is CSc1ccc2c(c1)C(=O)N(c1nnc(C(=O)Nc3cnccc3N3CCNCC3)s1)C2. The monoisotopic (exact) mass is 467 g/mol. The van der Waals surface area contributed by atoms with Crippen LogP contribution in [0.25, 0.3) is 0 Å². The zero-order chi connectivity index (χ0) is 22.1. The van der Waals surface area contributed by atoms with E-state index in [1.54, 1.807) is 29.1 Å². The molecule has 1 saturated heterocycles. The Kier molecular flexibility index (Phi) is 5.77. The Bertz CT molecular complexity index is 1180. The van der Waals surface area contributed by atoms with Crippen molar-refractivity contribution in [3.8, 4) is 0 Å². The molecular weight excluding hydrogens is 446 g/mol. The number of anilines is 3. The van der Waals surface area contributed by atoms with Crippen molar-refractivity contribution < 1.29 is 9.59 Å². The molecule has 3 aromatic rings. The van der Waals surface area contributed by atoms with Crippen molar-refractivity contribution in [2.45, 2.75) is 11.4 Å². The Hall–Kier alpha value is -3.02. The van der Waals surface area contributed by atoms with E-state index in [1.807, 2.05) is 30.5 Å². The van der Waals surface area contributed by atoms with Crippen LogP contribution in [-0.2, 0) is 6.54 Å². The summed E-state index contributed by atoms with van der Waals surface area (Å²) >= 11 is 2.70. The van der Waals surface area contributed by atoms with Crippen LogP contribution >= 0.6 is 23.1 Å². The van der Waals surface area contributed by atoms with Gasteiger partial charge in [0.25, 0.3) is 11.8 Å². The standard InChI is InChI=1S/C21H21N7O2S2/c1-31-14-3-2-13-12-28(20(30)15(13)10-14)21-26-25-19(32-21)18(29)24-16-11-23-5-4-17(16)27-8-6-22-7-9-27/h2-5,10-11,22H,6-9,12H2,1H3,(H,24,29). The average Bonchev–Trinajstić information content (AvgIpc) is 3.45. The van der Waals surface area contributed by atoms with Crippen LogP contribution in [0.1, 0.15) is 25.7 Å². The highest BCUT2D eigenvalue weighted by atomic mass is 32.2. The van der Waals surface area contributed by atoms with Crippen LogP contribution in [0.15, 0.2) is 41.6 Å². The van der Waals surface area contributed by atoms with Crippen LogP contribution in [-0.4, -0.2) is 59.4 Å². The molecule has 1 fully saturated rings. The predicted octanol–water partition coefficient (Wildman–Crippen LogP) is 2.48. The number of pyridine rings is 1. The number of benzene rings is 1. The molecule has 164 valence electrons. The number of amides is 2. The van der Waals surface area contributed by atoms with E-state index in [0.29, 0.717) is 22.9 Å². The second-order valence-electron chi connectivity index (χ2n) is 7.39. The van der Waals surface area contributed by atoms with Gasteiger partial charge in [0.2, 0.25) is 10.1 Å². The van der Waals surface area contributed by atoms with Crippen molar-refractivity contribution in [1.82, 2.24) is 20.5 Å². The summed E-state index contributed by atoms with van der Waals surface area (Å²) in [6.45, 7) is 3.91. The van der Waals surface area contributed by atoms with Crippen molar-refractivity contribution in [3.05, 3.63) is 52.8 Å². The van der Waals surface area contributed by atoms with Gasteiger partial charge < -0.3 is 15.5 Å². The summed E-state index contributed by atoms with van der Waals surface area (Å²) in [5, 5.41) is 15.0. The predicted molar refractivity (Wildman–Crippen MR) is 126 cm³/mol. The quantitative estimate of drug-likeness (QED) is 0.552. The molecule has 2 N–H and O–H groups in total. The molecule has 2 aromatic heterocycles. The van der Waals surface area contributed by atoms with Gasteiger partial charge in [0.05, 0.1) is 24.1 Å². The molecule has 0 radical (unpaired) electrons. The fourth-order valence-electron chi connectivity index (χ4n) is 3.82. The molecule has 32 heavy (non-hydrogen) atoms. The van der Waals surface area contributed by atoms with Crippen molar-refractivity contribution >= 4 is 51.4 Å². The van der Waals surface area contributed by atoms with Crippen molar-refractivity contribution in [3.63, 3.8) is 0 Å². The number of carbonyl (C=O) groups is 2. The highest BCUT2D eigenvalue weighted by Gasteiger charge is 2.31. The third-order valence-corrected chi connectivity index (χ3v) is 7.13. The fourth-order valence-corrected chi connectivity index (χ4v) is 5.00. The maximum Gasteiger partial charge on any atom is 0.286 e. The lowest BCUT2D eigenvalue weighted by Gasteiger charge is -2.30. The Morgan fingerprint density at radius 2 is 2.06 bits per heavy atom. The summed E-state index contributed by atoms with van der Waals surface area (Å²) < 4.78 is 0. The van der Waals surface area contributed by atoms with Gasteiger partial charge in [-0.3, -0.25) is 19.5 Å². The van der Waals surface area contributed by atoms with E-state index < -0.39 is 0 Å². The van der Waals surface area contributed by atoms with Gasteiger partial charge >= 0.3 is 0 Å². The van der Waals surface area contributed by atoms with E-state index in [9.17, 15) is 9.59 Å². The number of carbonyl (C=O) groups excluding carboxylic acids is 2. The van der Waals surface area contributed by atoms with Crippen LogP contribution in [0.3, 0.4) is 0 Å². The van der Waals surface area contributed by atoms with Gasteiger partial charge in [-0.15, -0.1) is 22.0 Å². The van der Waals surface area contributed by atoms with Crippen molar-refractivity contribution in [2.75, 3.05) is 47.6 Å². The van der Waals surface area contributed by atoms with Crippen molar-refractivity contribution in [1.29, 1.82) is 0 Å². The summed E-state index contributed by atoms with van der Waals surface area (Å²) in [6.07, 6.45) is 5.33. The van der Waals surface area contributed by atoms with E-state index in [-0.39, 0.29) is 16.8 Å². The van der Waals surface area contributed by atoms with E-state index >= 15 is 0 Å². The topological polar surface area (TPSA) is 103 Å². The molecule has 1 aromatic carbocycles.